The summed E-state index contributed by atoms with van der Waals surface area (Å²) in [4.78, 5) is 32.1. The van der Waals surface area contributed by atoms with Crippen molar-refractivity contribution < 1.29 is 23.8 Å². The molecule has 0 aromatic heterocycles. The molecule has 0 spiro atoms. The highest BCUT2D eigenvalue weighted by atomic mass is 127. The molecule has 2 N–H and O–H groups in total. The van der Waals surface area contributed by atoms with Gasteiger partial charge in [0.05, 0.1) is 24.8 Å². The number of methoxy groups -OCH3 is 1. The number of ether oxygens (including phenoxy) is 3. The topological polar surface area (TPSA) is 105 Å². The zero-order chi connectivity index (χ0) is 23.0. The van der Waals surface area contributed by atoms with Crippen LogP contribution < -0.4 is 10.6 Å². The monoisotopic (exact) mass is 569 g/mol. The van der Waals surface area contributed by atoms with Crippen LogP contribution in [0.1, 0.15) is 40.0 Å². The van der Waals surface area contributed by atoms with E-state index >= 15 is 0 Å². The minimum Gasteiger partial charge on any atom is -0.444 e. The smallest absolute Gasteiger partial charge is 0.410 e. The summed E-state index contributed by atoms with van der Waals surface area (Å²) in [6.45, 7) is 7.74. The number of carbonyl (C=O) groups excluding carboxylic acids is 2. The molecule has 2 saturated heterocycles. The van der Waals surface area contributed by atoms with E-state index in [0.717, 1.165) is 25.9 Å². The van der Waals surface area contributed by atoms with Crippen LogP contribution in [0.15, 0.2) is 4.99 Å². The summed E-state index contributed by atoms with van der Waals surface area (Å²) in [6, 6.07) is -0.189. The number of hydrogen-bond donors (Lipinski definition) is 2. The molecule has 2 rings (SSSR count). The van der Waals surface area contributed by atoms with E-state index in [1.54, 1.807) is 26.1 Å². The van der Waals surface area contributed by atoms with Crippen molar-refractivity contribution in [1.82, 2.24) is 20.4 Å². The van der Waals surface area contributed by atoms with Gasteiger partial charge in [0.2, 0.25) is 5.91 Å². The second-order valence-corrected chi connectivity index (χ2v) is 9.23. The number of nitrogens with zero attached hydrogens (tertiary/aromatic N) is 3. The maximum Gasteiger partial charge on any atom is 0.410 e. The fourth-order valence-corrected chi connectivity index (χ4v) is 3.42. The third kappa shape index (κ3) is 9.65. The van der Waals surface area contributed by atoms with Crippen molar-refractivity contribution in [2.75, 3.05) is 54.0 Å². The lowest BCUT2D eigenvalue weighted by atomic mass is 10.1. The highest BCUT2D eigenvalue weighted by Crippen LogP contribution is 2.18. The highest BCUT2D eigenvalue weighted by molar-refractivity contribution is 14.0. The maximum absolute atomic E-state index is 12.5. The second-order valence-electron chi connectivity index (χ2n) is 9.23. The molecule has 0 bridgehead atoms. The Balaban J connectivity index is 0.00000512. The van der Waals surface area contributed by atoms with Gasteiger partial charge in [-0.25, -0.2) is 9.79 Å². The van der Waals surface area contributed by atoms with Gasteiger partial charge in [-0.2, -0.15) is 0 Å². The van der Waals surface area contributed by atoms with E-state index in [9.17, 15) is 9.59 Å². The number of likely N-dealkylation sites (N-methyl/N-ethyl adjacent to an activating group) is 1. The number of hydrogen-bond acceptors (Lipinski definition) is 6. The lowest BCUT2D eigenvalue weighted by molar-refractivity contribution is -0.127. The summed E-state index contributed by atoms with van der Waals surface area (Å²) in [7, 11) is 5.02. The first kappa shape index (κ1) is 28.7. The third-order valence-electron chi connectivity index (χ3n) is 5.19. The predicted octanol–water partition coefficient (Wildman–Crippen LogP) is 1.43. The van der Waals surface area contributed by atoms with E-state index in [1.165, 1.54) is 4.90 Å². The molecule has 2 aliphatic rings. The molecule has 11 heteroatoms. The van der Waals surface area contributed by atoms with Gasteiger partial charge in [-0.05, 0) is 40.0 Å². The molecule has 0 saturated carbocycles. The van der Waals surface area contributed by atoms with E-state index in [2.05, 4.69) is 15.6 Å². The van der Waals surface area contributed by atoms with Crippen molar-refractivity contribution in [3.63, 3.8) is 0 Å². The summed E-state index contributed by atoms with van der Waals surface area (Å²) in [6.07, 6.45) is 2.74. The standard InChI is InChI=1S/C21H39N5O5.HI/c1-21(2,3)31-20(28)26-13-16(17(14-26)29-6)24-19(23-12-18(27)25(4)5)22-11-15-9-7-8-10-30-15;/h15-17H,7-14H2,1-6H3,(H2,22,23,24);1H/t15?,16?,17-;/m0./s1. The number of amides is 2. The molecule has 0 aromatic rings. The summed E-state index contributed by atoms with van der Waals surface area (Å²) < 4.78 is 16.9. The number of rotatable bonds is 6. The number of guanidine groups is 1. The van der Waals surface area contributed by atoms with Gasteiger partial charge in [0.1, 0.15) is 12.1 Å². The molecule has 186 valence electrons. The van der Waals surface area contributed by atoms with E-state index in [4.69, 9.17) is 14.2 Å². The van der Waals surface area contributed by atoms with Crippen molar-refractivity contribution in [1.29, 1.82) is 0 Å². The van der Waals surface area contributed by atoms with E-state index in [-0.39, 0.29) is 60.8 Å². The fourth-order valence-electron chi connectivity index (χ4n) is 3.42. The SMILES string of the molecule is CO[C@H]1CN(C(=O)OC(C)(C)C)CC1NC(=NCC(=O)N(C)C)NCC1CCCCO1.I. The first-order valence-electron chi connectivity index (χ1n) is 11.0. The van der Waals surface area contributed by atoms with Gasteiger partial charge < -0.3 is 34.6 Å². The summed E-state index contributed by atoms with van der Waals surface area (Å²) >= 11 is 0. The Morgan fingerprint density at radius 1 is 1.22 bits per heavy atom. The van der Waals surface area contributed by atoms with E-state index < -0.39 is 5.60 Å². The molecule has 2 unspecified atom stereocenters. The molecule has 3 atom stereocenters. The van der Waals surface area contributed by atoms with Crippen LogP contribution >= 0.6 is 24.0 Å². The van der Waals surface area contributed by atoms with Gasteiger partial charge in [0.15, 0.2) is 5.96 Å². The maximum atomic E-state index is 12.5. The lowest BCUT2D eigenvalue weighted by Gasteiger charge is -2.26. The first-order chi connectivity index (χ1) is 14.6. The van der Waals surface area contributed by atoms with Crippen LogP contribution in [0.4, 0.5) is 4.79 Å². The average molecular weight is 569 g/mol. The lowest BCUT2D eigenvalue weighted by Crippen LogP contribution is -2.51. The van der Waals surface area contributed by atoms with Crippen LogP contribution in [0, 0.1) is 0 Å². The molecule has 0 aliphatic carbocycles. The van der Waals surface area contributed by atoms with Crippen LogP contribution in [0.2, 0.25) is 0 Å². The molecule has 32 heavy (non-hydrogen) atoms. The minimum atomic E-state index is -0.564. The molecule has 2 aliphatic heterocycles. The Hall–Kier alpha value is -1.34. The van der Waals surface area contributed by atoms with Gasteiger partial charge in [-0.3, -0.25) is 4.79 Å². The third-order valence-corrected chi connectivity index (χ3v) is 5.19. The second kappa shape index (κ2) is 13.4. The van der Waals surface area contributed by atoms with Crippen LogP contribution in [-0.4, -0.2) is 106 Å². The quantitative estimate of drug-likeness (QED) is 0.284. The van der Waals surface area contributed by atoms with E-state index in [1.807, 2.05) is 20.8 Å². The number of nitrogens with one attached hydrogen (secondary N) is 2. The summed E-state index contributed by atoms with van der Waals surface area (Å²) in [5, 5.41) is 6.63. The normalized spacial score (nSPS) is 23.9. The van der Waals surface area contributed by atoms with Gasteiger partial charge in [-0.15, -0.1) is 24.0 Å². The number of carbonyl (C=O) groups is 2. The Bertz CT molecular complexity index is 635. The van der Waals surface area contributed by atoms with Crippen molar-refractivity contribution in [3.8, 4) is 0 Å². The molecule has 0 aromatic carbocycles. The van der Waals surface area contributed by atoms with Crippen LogP contribution in [-0.2, 0) is 19.0 Å². The number of likely N-dealkylation sites (tertiary alicyclic amines) is 1. The minimum absolute atomic E-state index is 0. The van der Waals surface area contributed by atoms with Crippen LogP contribution in [0.25, 0.3) is 0 Å². The van der Waals surface area contributed by atoms with Crippen molar-refractivity contribution >= 4 is 41.9 Å². The fraction of sp³-hybridized carbons (Fsp3) is 0.857. The van der Waals surface area contributed by atoms with Crippen LogP contribution in [0.3, 0.4) is 0 Å². The van der Waals surface area contributed by atoms with Gasteiger partial charge >= 0.3 is 6.09 Å². The predicted molar refractivity (Wildman–Crippen MR) is 134 cm³/mol. The van der Waals surface area contributed by atoms with Crippen molar-refractivity contribution in [2.24, 2.45) is 4.99 Å². The van der Waals surface area contributed by atoms with Gasteiger partial charge in [-0.1, -0.05) is 0 Å². The molecule has 0 radical (unpaired) electrons. The molecule has 2 amide bonds. The first-order valence-corrected chi connectivity index (χ1v) is 11.0. The number of halogens is 1. The summed E-state index contributed by atoms with van der Waals surface area (Å²) in [5.41, 5.74) is -0.564. The van der Waals surface area contributed by atoms with Crippen molar-refractivity contribution in [2.45, 2.75) is 63.9 Å². The summed E-state index contributed by atoms with van der Waals surface area (Å²) in [5.74, 6) is 0.405. The Morgan fingerprint density at radius 3 is 2.50 bits per heavy atom. The average Bonchev–Trinajstić information content (AvgIpc) is 3.12. The van der Waals surface area contributed by atoms with Gasteiger partial charge in [0, 0.05) is 40.9 Å². The van der Waals surface area contributed by atoms with Gasteiger partial charge in [0.25, 0.3) is 0 Å². The molecule has 2 fully saturated rings. The highest BCUT2D eigenvalue weighted by Gasteiger charge is 2.38. The van der Waals surface area contributed by atoms with Crippen molar-refractivity contribution in [3.05, 3.63) is 0 Å². The molecular formula is C21H40IN5O5. The van der Waals surface area contributed by atoms with E-state index in [0.29, 0.717) is 25.6 Å². The largest absolute Gasteiger partial charge is 0.444 e. The molecular weight excluding hydrogens is 529 g/mol. The zero-order valence-electron chi connectivity index (χ0n) is 20.2. The Labute approximate surface area is 208 Å². The Morgan fingerprint density at radius 2 is 1.94 bits per heavy atom. The zero-order valence-corrected chi connectivity index (χ0v) is 22.5. The van der Waals surface area contributed by atoms with Crippen LogP contribution in [0.5, 0.6) is 0 Å². The Kier molecular flexibility index (Phi) is 12.0. The number of aliphatic imine (C=N–C) groups is 1. The molecule has 10 nitrogen and oxygen atoms in total. The molecule has 2 heterocycles.